The molecular weight excluding hydrogens is 316 g/mol. The van der Waals surface area contributed by atoms with Gasteiger partial charge < -0.3 is 24.7 Å². The van der Waals surface area contributed by atoms with Crippen LogP contribution in [0.1, 0.15) is 11.1 Å². The second-order valence-electron chi connectivity index (χ2n) is 6.51. The van der Waals surface area contributed by atoms with Gasteiger partial charge in [0.2, 0.25) is 0 Å². The van der Waals surface area contributed by atoms with Gasteiger partial charge in [0.05, 0.1) is 6.61 Å². The zero-order valence-corrected chi connectivity index (χ0v) is 14.8. The summed E-state index contributed by atoms with van der Waals surface area (Å²) in [6.45, 7) is 10.2. The number of nitrogens with one attached hydrogen (secondary N) is 2. The van der Waals surface area contributed by atoms with Gasteiger partial charge in [-0.1, -0.05) is 11.6 Å². The molecule has 0 radical (unpaired) electrons. The van der Waals surface area contributed by atoms with Crippen LogP contribution in [0.3, 0.4) is 0 Å². The Balaban J connectivity index is 1.74. The maximum absolute atomic E-state index is 10.2. The second-order valence-corrected chi connectivity index (χ2v) is 6.89. The molecule has 1 aromatic rings. The molecule has 23 heavy (non-hydrogen) atoms. The van der Waals surface area contributed by atoms with Gasteiger partial charge in [-0.05, 0) is 37.1 Å². The average Bonchev–Trinajstić information content (AvgIpc) is 2.52. The Hall–Kier alpha value is -0.850. The molecule has 1 aromatic carbocycles. The lowest BCUT2D eigenvalue weighted by atomic mass is 10.1. The summed E-state index contributed by atoms with van der Waals surface area (Å²) in [5.74, 6) is 0.760. The SMILES string of the molecule is Cc1cc(OC[C@@H](O)C[NH+]2CC[NH+](CCO)CC2)cc(C)c1Cl. The minimum atomic E-state index is -0.472. The number of piperazine rings is 1. The van der Waals surface area contributed by atoms with Gasteiger partial charge in [0.15, 0.2) is 0 Å². The fourth-order valence-corrected chi connectivity index (χ4v) is 3.25. The summed E-state index contributed by atoms with van der Waals surface area (Å²) >= 11 is 6.15. The fraction of sp³-hybridized carbons (Fsp3) is 0.647. The van der Waals surface area contributed by atoms with Gasteiger partial charge in [0.25, 0.3) is 0 Å². The van der Waals surface area contributed by atoms with Gasteiger partial charge >= 0.3 is 0 Å². The van der Waals surface area contributed by atoms with Crippen molar-refractivity contribution in [1.29, 1.82) is 0 Å². The topological polar surface area (TPSA) is 58.6 Å². The van der Waals surface area contributed by atoms with E-state index in [1.807, 2.05) is 26.0 Å². The van der Waals surface area contributed by atoms with Crippen molar-refractivity contribution >= 4 is 11.6 Å². The number of ether oxygens (including phenoxy) is 1. The molecule has 1 saturated heterocycles. The van der Waals surface area contributed by atoms with Gasteiger partial charge in [0, 0.05) is 5.02 Å². The summed E-state index contributed by atoms with van der Waals surface area (Å²) in [6, 6.07) is 3.82. The van der Waals surface area contributed by atoms with Crippen LogP contribution in [0.4, 0.5) is 0 Å². The summed E-state index contributed by atoms with van der Waals surface area (Å²) < 4.78 is 5.73. The van der Waals surface area contributed by atoms with E-state index in [-0.39, 0.29) is 6.61 Å². The number of rotatable bonds is 7. The van der Waals surface area contributed by atoms with Crippen molar-refractivity contribution in [2.24, 2.45) is 0 Å². The molecule has 0 amide bonds. The van der Waals surface area contributed by atoms with Crippen LogP contribution >= 0.6 is 11.6 Å². The highest BCUT2D eigenvalue weighted by molar-refractivity contribution is 6.32. The number of aryl methyl sites for hydroxylation is 2. The maximum atomic E-state index is 10.2. The number of benzene rings is 1. The average molecular weight is 345 g/mol. The zero-order chi connectivity index (χ0) is 16.8. The third kappa shape index (κ3) is 5.62. The van der Waals surface area contributed by atoms with Gasteiger partial charge in [0.1, 0.15) is 57.7 Å². The van der Waals surface area contributed by atoms with Crippen molar-refractivity contribution in [3.8, 4) is 5.75 Å². The number of aliphatic hydroxyl groups excluding tert-OH is 2. The lowest BCUT2D eigenvalue weighted by Gasteiger charge is -2.30. The number of hydrogen-bond donors (Lipinski definition) is 4. The summed E-state index contributed by atoms with van der Waals surface area (Å²) in [6.07, 6.45) is -0.472. The molecule has 0 aromatic heterocycles. The number of hydrogen-bond acceptors (Lipinski definition) is 3. The van der Waals surface area contributed by atoms with Crippen LogP contribution in [0.25, 0.3) is 0 Å². The van der Waals surface area contributed by atoms with Gasteiger partial charge in [-0.25, -0.2) is 0 Å². The molecule has 0 bridgehead atoms. The molecule has 1 aliphatic rings. The normalized spacial score (nSPS) is 22.8. The first-order valence-corrected chi connectivity index (χ1v) is 8.73. The molecule has 1 atom stereocenters. The first kappa shape index (κ1) is 18.5. The predicted octanol–water partition coefficient (Wildman–Crippen LogP) is -1.53. The molecule has 0 saturated carbocycles. The molecule has 0 aliphatic carbocycles. The molecule has 0 unspecified atom stereocenters. The Morgan fingerprint density at radius 1 is 1.13 bits per heavy atom. The van der Waals surface area contributed by atoms with Crippen LogP contribution in [0.15, 0.2) is 12.1 Å². The van der Waals surface area contributed by atoms with E-state index in [2.05, 4.69) is 0 Å². The van der Waals surface area contributed by atoms with E-state index in [1.54, 1.807) is 0 Å². The van der Waals surface area contributed by atoms with Crippen LogP contribution in [0, 0.1) is 13.8 Å². The number of aliphatic hydroxyl groups is 2. The Morgan fingerprint density at radius 3 is 2.26 bits per heavy atom. The molecule has 1 heterocycles. The molecular formula is C17H29ClN2O3+2. The van der Waals surface area contributed by atoms with Crippen molar-refractivity contribution < 1.29 is 24.7 Å². The maximum Gasteiger partial charge on any atom is 0.137 e. The molecule has 130 valence electrons. The van der Waals surface area contributed by atoms with E-state index in [1.165, 1.54) is 9.80 Å². The lowest BCUT2D eigenvalue weighted by molar-refractivity contribution is -1.01. The molecule has 2 rings (SSSR count). The quantitative estimate of drug-likeness (QED) is 0.485. The summed E-state index contributed by atoms with van der Waals surface area (Å²) in [5.41, 5.74) is 1.98. The summed E-state index contributed by atoms with van der Waals surface area (Å²) in [4.78, 5) is 2.86. The minimum Gasteiger partial charge on any atom is -0.491 e. The van der Waals surface area contributed by atoms with E-state index < -0.39 is 6.10 Å². The van der Waals surface area contributed by atoms with Crippen LogP contribution in [0.2, 0.25) is 5.02 Å². The fourth-order valence-electron chi connectivity index (χ4n) is 3.14. The van der Waals surface area contributed by atoms with Gasteiger partial charge in [-0.2, -0.15) is 0 Å². The van der Waals surface area contributed by atoms with Gasteiger partial charge in [-0.15, -0.1) is 0 Å². The molecule has 5 nitrogen and oxygen atoms in total. The van der Waals surface area contributed by atoms with Crippen molar-refractivity contribution in [2.45, 2.75) is 20.0 Å². The van der Waals surface area contributed by atoms with E-state index in [4.69, 9.17) is 21.4 Å². The predicted molar refractivity (Wildman–Crippen MR) is 90.6 cm³/mol. The van der Waals surface area contributed by atoms with Gasteiger partial charge in [-0.3, -0.25) is 0 Å². The third-order valence-electron chi connectivity index (χ3n) is 4.51. The van der Waals surface area contributed by atoms with E-state index in [9.17, 15) is 5.11 Å². The van der Waals surface area contributed by atoms with E-state index in [0.29, 0.717) is 13.2 Å². The smallest absolute Gasteiger partial charge is 0.137 e. The minimum absolute atomic E-state index is 0.251. The molecule has 1 aliphatic heterocycles. The third-order valence-corrected chi connectivity index (χ3v) is 5.10. The highest BCUT2D eigenvalue weighted by Crippen LogP contribution is 2.25. The molecule has 1 fully saturated rings. The monoisotopic (exact) mass is 344 g/mol. The molecule has 4 N–H and O–H groups in total. The van der Waals surface area contributed by atoms with E-state index >= 15 is 0 Å². The van der Waals surface area contributed by atoms with Crippen LogP contribution in [0.5, 0.6) is 5.75 Å². The highest BCUT2D eigenvalue weighted by Gasteiger charge is 2.24. The van der Waals surface area contributed by atoms with Crippen molar-refractivity contribution in [3.63, 3.8) is 0 Å². The van der Waals surface area contributed by atoms with Crippen LogP contribution < -0.4 is 14.5 Å². The number of quaternary nitrogens is 2. The Labute approximate surface area is 143 Å². The summed E-state index contributed by atoms with van der Waals surface area (Å²) in [5, 5.41) is 19.9. The van der Waals surface area contributed by atoms with Crippen molar-refractivity contribution in [3.05, 3.63) is 28.3 Å². The second kappa shape index (κ2) is 8.85. The standard InChI is InChI=1S/C17H27ClN2O3/c1-13-9-16(10-14(2)17(13)18)23-12-15(22)11-20-5-3-19(4-6-20)7-8-21/h9-10,15,21-22H,3-8,11-12H2,1-2H3/p+2/t15-/m0/s1. The molecule has 0 spiro atoms. The van der Waals surface area contributed by atoms with Crippen LogP contribution in [-0.2, 0) is 0 Å². The van der Waals surface area contributed by atoms with Crippen LogP contribution in [-0.4, -0.2) is 68.8 Å². The Morgan fingerprint density at radius 2 is 1.70 bits per heavy atom. The summed E-state index contributed by atoms with van der Waals surface area (Å²) in [7, 11) is 0. The highest BCUT2D eigenvalue weighted by atomic mass is 35.5. The van der Waals surface area contributed by atoms with Crippen molar-refractivity contribution in [1.82, 2.24) is 0 Å². The lowest BCUT2D eigenvalue weighted by Crippen LogP contribution is -3.28. The molecule has 6 heteroatoms. The van der Waals surface area contributed by atoms with E-state index in [0.717, 1.165) is 54.6 Å². The Kier molecular flexibility index (Phi) is 7.11. The Bertz CT molecular complexity index is 482. The van der Waals surface area contributed by atoms with Crippen molar-refractivity contribution in [2.75, 3.05) is 52.5 Å². The first-order chi connectivity index (χ1) is 11.0. The zero-order valence-electron chi connectivity index (χ0n) is 14.1. The first-order valence-electron chi connectivity index (χ1n) is 8.35. The number of halogens is 1. The largest absolute Gasteiger partial charge is 0.491 e.